The Bertz CT molecular complexity index is 1230. The van der Waals surface area contributed by atoms with Gasteiger partial charge in [0.2, 0.25) is 5.89 Å². The first-order valence-electron chi connectivity index (χ1n) is 8.54. The zero-order valence-corrected chi connectivity index (χ0v) is 16.4. The molecule has 0 aliphatic carbocycles. The molecule has 1 aromatic heterocycles. The Hall–Kier alpha value is -2.90. The van der Waals surface area contributed by atoms with Crippen molar-refractivity contribution in [2.45, 2.75) is 10.1 Å². The number of hydrogen-bond donors (Lipinski definition) is 0. The summed E-state index contributed by atoms with van der Waals surface area (Å²) < 4.78 is 30.1. The van der Waals surface area contributed by atoms with Crippen LogP contribution in [0.25, 0.3) is 22.2 Å². The molecule has 4 rings (SSSR count). The Labute approximate surface area is 167 Å². The Morgan fingerprint density at radius 1 is 0.893 bits per heavy atom. The number of thioether (sulfide) groups is 1. The zero-order valence-electron chi connectivity index (χ0n) is 14.7. The summed E-state index contributed by atoms with van der Waals surface area (Å²) >= 11 is 1.28. The molecule has 0 fully saturated rings. The second kappa shape index (κ2) is 8.00. The van der Waals surface area contributed by atoms with Crippen LogP contribution in [0.4, 0.5) is 0 Å². The number of benzene rings is 3. The molecule has 4 aromatic rings. The van der Waals surface area contributed by atoms with Gasteiger partial charge < -0.3 is 4.42 Å². The summed E-state index contributed by atoms with van der Waals surface area (Å²) in [6, 6.07) is 22.3. The molecular weight excluding hydrogens is 392 g/mol. The van der Waals surface area contributed by atoms with Crippen molar-refractivity contribution in [3.8, 4) is 11.5 Å². The lowest BCUT2D eigenvalue weighted by Crippen LogP contribution is -1.95. The fraction of sp³-hybridized carbons (Fsp3) is 0.0476. The zero-order chi connectivity index (χ0) is 19.4. The van der Waals surface area contributed by atoms with E-state index in [1.54, 1.807) is 36.4 Å². The first-order valence-corrected chi connectivity index (χ1v) is 11.1. The average molecular weight is 409 g/mol. The third-order valence-electron chi connectivity index (χ3n) is 4.05. The van der Waals surface area contributed by atoms with Gasteiger partial charge in [-0.05, 0) is 35.0 Å². The normalized spacial score (nSPS) is 12.0. The molecule has 0 aliphatic rings. The lowest BCUT2D eigenvalue weighted by molar-refractivity contribution is 0.466. The van der Waals surface area contributed by atoms with Gasteiger partial charge in [-0.3, -0.25) is 0 Å². The van der Waals surface area contributed by atoms with E-state index in [9.17, 15) is 8.42 Å². The van der Waals surface area contributed by atoms with Gasteiger partial charge in [-0.25, -0.2) is 8.42 Å². The van der Waals surface area contributed by atoms with Crippen LogP contribution in [0, 0.1) is 0 Å². The van der Waals surface area contributed by atoms with E-state index < -0.39 is 9.84 Å². The molecule has 0 aliphatic heterocycles. The maximum atomic E-state index is 12.2. The molecule has 0 amide bonds. The van der Waals surface area contributed by atoms with Gasteiger partial charge in [0.25, 0.3) is 5.22 Å². The van der Waals surface area contributed by atoms with Crippen LogP contribution in [0.15, 0.2) is 98.8 Å². The number of sulfone groups is 1. The lowest BCUT2D eigenvalue weighted by Gasteiger charge is -1.99. The Balaban J connectivity index is 1.42. The molecule has 0 saturated heterocycles. The third-order valence-corrected chi connectivity index (χ3v) is 6.30. The quantitative estimate of drug-likeness (QED) is 0.420. The topological polar surface area (TPSA) is 73.1 Å². The second-order valence-corrected chi connectivity index (χ2v) is 8.78. The van der Waals surface area contributed by atoms with Crippen LogP contribution in [-0.2, 0) is 9.84 Å². The van der Waals surface area contributed by atoms with Crippen molar-refractivity contribution in [1.82, 2.24) is 10.2 Å². The molecule has 0 bridgehead atoms. The Morgan fingerprint density at radius 2 is 1.64 bits per heavy atom. The monoisotopic (exact) mass is 408 g/mol. The highest BCUT2D eigenvalue weighted by Crippen LogP contribution is 2.26. The molecule has 28 heavy (non-hydrogen) atoms. The molecule has 0 spiro atoms. The van der Waals surface area contributed by atoms with E-state index in [1.807, 2.05) is 42.5 Å². The second-order valence-electron chi connectivity index (χ2n) is 5.98. The van der Waals surface area contributed by atoms with Crippen LogP contribution >= 0.6 is 11.8 Å². The summed E-state index contributed by atoms with van der Waals surface area (Å²) in [6.07, 6.45) is 1.58. The fourth-order valence-electron chi connectivity index (χ4n) is 2.68. The van der Waals surface area contributed by atoms with Crippen molar-refractivity contribution in [2.24, 2.45) is 0 Å². The van der Waals surface area contributed by atoms with Crippen LogP contribution in [0.3, 0.4) is 0 Å². The van der Waals surface area contributed by atoms with Gasteiger partial charge in [0.15, 0.2) is 9.84 Å². The molecule has 3 aromatic carbocycles. The van der Waals surface area contributed by atoms with Crippen LogP contribution in [0.5, 0.6) is 0 Å². The third kappa shape index (κ3) is 4.16. The minimum atomic E-state index is -3.43. The number of nitrogens with zero attached hydrogens (tertiary/aromatic N) is 2. The smallest absolute Gasteiger partial charge is 0.277 e. The van der Waals surface area contributed by atoms with Crippen molar-refractivity contribution in [1.29, 1.82) is 0 Å². The van der Waals surface area contributed by atoms with Gasteiger partial charge in [0, 0.05) is 16.7 Å². The van der Waals surface area contributed by atoms with Gasteiger partial charge in [-0.1, -0.05) is 66.4 Å². The SMILES string of the molecule is O=S(=O)(/C=C/CSc1nnc(-c2ccc3ccccc3c2)o1)c1ccccc1. The number of rotatable bonds is 6. The molecular formula is C21H16N2O3S2. The number of aromatic nitrogens is 2. The lowest BCUT2D eigenvalue weighted by atomic mass is 10.1. The summed E-state index contributed by atoms with van der Waals surface area (Å²) in [4.78, 5) is 0.271. The Kier molecular flexibility index (Phi) is 5.27. The molecule has 0 N–H and O–H groups in total. The summed E-state index contributed by atoms with van der Waals surface area (Å²) in [5.74, 6) is 0.847. The maximum absolute atomic E-state index is 12.2. The summed E-state index contributed by atoms with van der Waals surface area (Å²) in [6.45, 7) is 0. The van der Waals surface area contributed by atoms with E-state index >= 15 is 0 Å². The van der Waals surface area contributed by atoms with Gasteiger partial charge in [-0.15, -0.1) is 10.2 Å². The minimum absolute atomic E-state index is 0.271. The van der Waals surface area contributed by atoms with Crippen LogP contribution in [0.2, 0.25) is 0 Å². The van der Waals surface area contributed by atoms with Gasteiger partial charge >= 0.3 is 0 Å². The largest absolute Gasteiger partial charge is 0.411 e. The van der Waals surface area contributed by atoms with Crippen LogP contribution in [-0.4, -0.2) is 24.4 Å². The van der Waals surface area contributed by atoms with Crippen molar-refractivity contribution < 1.29 is 12.8 Å². The summed E-state index contributed by atoms with van der Waals surface area (Å²) in [7, 11) is -3.43. The highest BCUT2D eigenvalue weighted by molar-refractivity contribution is 7.99. The molecule has 140 valence electrons. The standard InChI is InChI=1S/C21H16N2O3S2/c24-28(25,19-9-2-1-3-10-19)14-6-13-27-21-23-22-20(26-21)18-12-11-16-7-4-5-8-17(16)15-18/h1-12,14-15H,13H2/b14-6+. The maximum Gasteiger partial charge on any atom is 0.277 e. The first-order chi connectivity index (χ1) is 13.6. The molecule has 5 nitrogen and oxygen atoms in total. The predicted molar refractivity (Wildman–Crippen MR) is 111 cm³/mol. The van der Waals surface area contributed by atoms with E-state index in [0.29, 0.717) is 16.9 Å². The van der Waals surface area contributed by atoms with Gasteiger partial charge in [0.1, 0.15) is 0 Å². The van der Waals surface area contributed by atoms with E-state index in [-0.39, 0.29) is 4.90 Å². The van der Waals surface area contributed by atoms with Gasteiger partial charge in [0.05, 0.1) is 4.90 Å². The van der Waals surface area contributed by atoms with Crippen molar-refractivity contribution >= 4 is 32.4 Å². The average Bonchev–Trinajstić information content (AvgIpc) is 3.20. The van der Waals surface area contributed by atoms with Crippen LogP contribution < -0.4 is 0 Å². The molecule has 0 saturated carbocycles. The number of hydrogen-bond acceptors (Lipinski definition) is 6. The highest BCUT2D eigenvalue weighted by atomic mass is 32.2. The first kappa shape index (κ1) is 18.5. The van der Waals surface area contributed by atoms with E-state index in [1.165, 1.54) is 17.2 Å². The van der Waals surface area contributed by atoms with E-state index in [0.717, 1.165) is 16.3 Å². The Morgan fingerprint density at radius 3 is 2.46 bits per heavy atom. The van der Waals surface area contributed by atoms with Crippen molar-refractivity contribution in [3.05, 3.63) is 84.3 Å². The summed E-state index contributed by atoms with van der Waals surface area (Å²) in [5, 5.41) is 12.0. The minimum Gasteiger partial charge on any atom is -0.411 e. The van der Waals surface area contributed by atoms with Gasteiger partial charge in [-0.2, -0.15) is 0 Å². The van der Waals surface area contributed by atoms with Crippen molar-refractivity contribution in [3.63, 3.8) is 0 Å². The molecule has 1 heterocycles. The fourth-order valence-corrected chi connectivity index (χ4v) is 4.42. The summed E-state index contributed by atoms with van der Waals surface area (Å²) in [5.41, 5.74) is 0.847. The number of fused-ring (bicyclic) bond motifs is 1. The van der Waals surface area contributed by atoms with E-state index in [2.05, 4.69) is 10.2 Å². The van der Waals surface area contributed by atoms with E-state index in [4.69, 9.17) is 4.42 Å². The van der Waals surface area contributed by atoms with Crippen LogP contribution in [0.1, 0.15) is 0 Å². The van der Waals surface area contributed by atoms with Crippen molar-refractivity contribution in [2.75, 3.05) is 5.75 Å². The molecule has 7 heteroatoms. The molecule has 0 unspecified atom stereocenters. The predicted octanol–water partition coefficient (Wildman–Crippen LogP) is 4.97. The molecule has 0 radical (unpaired) electrons. The molecule has 0 atom stereocenters. The highest BCUT2D eigenvalue weighted by Gasteiger charge is 2.11.